The van der Waals surface area contributed by atoms with Crippen LogP contribution in [0, 0.1) is 12.7 Å². The van der Waals surface area contributed by atoms with Crippen LogP contribution in [0.25, 0.3) is 0 Å². The van der Waals surface area contributed by atoms with Gasteiger partial charge in [-0.1, -0.05) is 0 Å². The normalized spacial score (nSPS) is 11.4. The molecule has 0 radical (unpaired) electrons. The topological polar surface area (TPSA) is 81.4 Å². The van der Waals surface area contributed by atoms with Gasteiger partial charge in [-0.2, -0.15) is 0 Å². The highest BCUT2D eigenvalue weighted by Crippen LogP contribution is 2.30. The fourth-order valence-electron chi connectivity index (χ4n) is 1.71. The van der Waals surface area contributed by atoms with Gasteiger partial charge < -0.3 is 10.5 Å². The van der Waals surface area contributed by atoms with Crippen molar-refractivity contribution in [1.82, 2.24) is 4.72 Å². The molecule has 3 N–H and O–H groups in total. The van der Waals surface area contributed by atoms with Crippen LogP contribution in [0.2, 0.25) is 0 Å². The van der Waals surface area contributed by atoms with Gasteiger partial charge in [0, 0.05) is 0 Å². The Morgan fingerprint density at radius 3 is 2.48 bits per heavy atom. The summed E-state index contributed by atoms with van der Waals surface area (Å²) in [7, 11) is -2.24. The lowest BCUT2D eigenvalue weighted by atomic mass is 10.2. The van der Waals surface area contributed by atoms with E-state index in [0.29, 0.717) is 17.1 Å². The molecule has 0 amide bonds. The average molecular weight is 310 g/mol. The van der Waals surface area contributed by atoms with Crippen molar-refractivity contribution in [3.05, 3.63) is 47.8 Å². The molecule has 2 aromatic carbocycles. The summed E-state index contributed by atoms with van der Waals surface area (Å²) in [5.74, 6) is 0.395. The molecule has 112 valence electrons. The van der Waals surface area contributed by atoms with Gasteiger partial charge in [-0.3, -0.25) is 0 Å². The smallest absolute Gasteiger partial charge is 0.240 e. The van der Waals surface area contributed by atoms with E-state index < -0.39 is 10.0 Å². The highest BCUT2D eigenvalue weighted by molar-refractivity contribution is 7.89. The maximum Gasteiger partial charge on any atom is 0.240 e. The molecule has 0 saturated carbocycles. The van der Waals surface area contributed by atoms with E-state index in [0.717, 1.165) is 0 Å². The van der Waals surface area contributed by atoms with Crippen LogP contribution in [0.5, 0.6) is 11.5 Å². The molecule has 0 unspecified atom stereocenters. The minimum Gasteiger partial charge on any atom is -0.455 e. The van der Waals surface area contributed by atoms with Crippen LogP contribution in [-0.2, 0) is 10.0 Å². The first-order valence-corrected chi connectivity index (χ1v) is 7.59. The number of nitrogen functional groups attached to an aromatic ring is 1. The molecule has 0 fully saturated rings. The molecule has 5 nitrogen and oxygen atoms in total. The predicted octanol–water partition coefficient (Wildman–Crippen LogP) is 2.42. The molecule has 0 heterocycles. The molecule has 0 bridgehead atoms. The summed E-state index contributed by atoms with van der Waals surface area (Å²) >= 11 is 0. The molecule has 0 spiro atoms. The van der Waals surface area contributed by atoms with E-state index >= 15 is 0 Å². The number of ether oxygens (including phenoxy) is 1. The zero-order chi connectivity index (χ0) is 15.6. The summed E-state index contributed by atoms with van der Waals surface area (Å²) in [6.07, 6.45) is 0. The van der Waals surface area contributed by atoms with Crippen LogP contribution in [0.15, 0.2) is 41.3 Å². The van der Waals surface area contributed by atoms with Gasteiger partial charge in [0.2, 0.25) is 10.0 Å². The van der Waals surface area contributed by atoms with Crippen LogP contribution in [0.3, 0.4) is 0 Å². The van der Waals surface area contributed by atoms with E-state index in [1.165, 1.54) is 43.4 Å². The number of benzene rings is 2. The Morgan fingerprint density at radius 1 is 1.19 bits per heavy atom. The minimum atomic E-state index is -3.56. The molecular formula is C14H15FN2O3S. The second kappa shape index (κ2) is 5.71. The van der Waals surface area contributed by atoms with Crippen molar-refractivity contribution in [2.45, 2.75) is 11.8 Å². The Kier molecular flexibility index (Phi) is 4.15. The highest BCUT2D eigenvalue weighted by atomic mass is 32.2. The Balaban J connectivity index is 2.31. The molecular weight excluding hydrogens is 295 g/mol. The first-order valence-electron chi connectivity index (χ1n) is 6.10. The van der Waals surface area contributed by atoms with Crippen LogP contribution < -0.4 is 15.2 Å². The predicted molar refractivity (Wildman–Crippen MR) is 78.3 cm³/mol. The summed E-state index contributed by atoms with van der Waals surface area (Å²) in [6, 6.07) is 8.44. The summed E-state index contributed by atoms with van der Waals surface area (Å²) in [6.45, 7) is 1.62. The number of sulfonamides is 1. The molecule has 2 rings (SSSR count). The van der Waals surface area contributed by atoms with E-state index in [2.05, 4.69) is 4.72 Å². The zero-order valence-electron chi connectivity index (χ0n) is 11.6. The second-order valence-electron chi connectivity index (χ2n) is 4.42. The lowest BCUT2D eigenvalue weighted by Crippen LogP contribution is -2.18. The SMILES string of the molecule is CNS(=O)(=O)c1ccc(Oc2ccc(F)c(C)c2)c(N)c1. The van der Waals surface area contributed by atoms with Gasteiger partial charge in [-0.15, -0.1) is 0 Å². The van der Waals surface area contributed by atoms with E-state index in [1.54, 1.807) is 6.92 Å². The number of aryl methyl sites for hydroxylation is 1. The third kappa shape index (κ3) is 3.32. The van der Waals surface area contributed by atoms with Gasteiger partial charge in [-0.25, -0.2) is 17.5 Å². The first kappa shape index (κ1) is 15.3. The standard InChI is InChI=1S/C14H15FN2O3S/c1-9-7-10(3-5-12(9)15)20-14-6-4-11(8-13(14)16)21(18,19)17-2/h3-8,17H,16H2,1-2H3. The number of hydrogen-bond donors (Lipinski definition) is 2. The fraction of sp³-hybridized carbons (Fsp3) is 0.143. The van der Waals surface area contributed by atoms with Crippen molar-refractivity contribution in [1.29, 1.82) is 0 Å². The molecule has 7 heteroatoms. The van der Waals surface area contributed by atoms with Crippen molar-refractivity contribution < 1.29 is 17.5 Å². The number of nitrogens with two attached hydrogens (primary N) is 1. The second-order valence-corrected chi connectivity index (χ2v) is 6.31. The van der Waals surface area contributed by atoms with E-state index in [1.807, 2.05) is 0 Å². The largest absolute Gasteiger partial charge is 0.455 e. The van der Waals surface area contributed by atoms with Crippen molar-refractivity contribution >= 4 is 15.7 Å². The van der Waals surface area contributed by atoms with Crippen molar-refractivity contribution in [3.8, 4) is 11.5 Å². The van der Waals surface area contributed by atoms with Gasteiger partial charge >= 0.3 is 0 Å². The molecule has 0 aliphatic carbocycles. The Labute approximate surface area is 122 Å². The third-order valence-corrected chi connectivity index (χ3v) is 4.33. The molecule has 21 heavy (non-hydrogen) atoms. The zero-order valence-corrected chi connectivity index (χ0v) is 12.4. The van der Waals surface area contributed by atoms with E-state index in [9.17, 15) is 12.8 Å². The number of rotatable bonds is 4. The van der Waals surface area contributed by atoms with Crippen LogP contribution in [0.1, 0.15) is 5.56 Å². The van der Waals surface area contributed by atoms with Crippen LogP contribution in [0.4, 0.5) is 10.1 Å². The van der Waals surface area contributed by atoms with Crippen molar-refractivity contribution in [2.24, 2.45) is 0 Å². The number of anilines is 1. The molecule has 0 aliphatic rings. The quantitative estimate of drug-likeness (QED) is 0.850. The van der Waals surface area contributed by atoms with Gasteiger partial charge in [0.25, 0.3) is 0 Å². The molecule has 0 aromatic heterocycles. The molecule has 0 saturated heterocycles. The first-order chi connectivity index (χ1) is 9.83. The monoisotopic (exact) mass is 310 g/mol. The number of hydrogen-bond acceptors (Lipinski definition) is 4. The fourth-order valence-corrected chi connectivity index (χ4v) is 2.48. The van der Waals surface area contributed by atoms with Gasteiger partial charge in [0.05, 0.1) is 10.6 Å². The lowest BCUT2D eigenvalue weighted by Gasteiger charge is -2.11. The van der Waals surface area contributed by atoms with Crippen LogP contribution in [-0.4, -0.2) is 15.5 Å². The minimum absolute atomic E-state index is 0.0464. The summed E-state index contributed by atoms with van der Waals surface area (Å²) in [5.41, 5.74) is 6.42. The summed E-state index contributed by atoms with van der Waals surface area (Å²) < 4.78 is 44.2. The Bertz CT molecular complexity index is 776. The lowest BCUT2D eigenvalue weighted by molar-refractivity contribution is 0.481. The van der Waals surface area contributed by atoms with Crippen molar-refractivity contribution in [3.63, 3.8) is 0 Å². The van der Waals surface area contributed by atoms with Gasteiger partial charge in [0.15, 0.2) is 0 Å². The molecule has 0 atom stereocenters. The van der Waals surface area contributed by atoms with Gasteiger partial charge in [-0.05, 0) is 55.9 Å². The highest BCUT2D eigenvalue weighted by Gasteiger charge is 2.14. The summed E-state index contributed by atoms with van der Waals surface area (Å²) in [5, 5.41) is 0. The molecule has 2 aromatic rings. The maximum absolute atomic E-state index is 13.2. The Morgan fingerprint density at radius 2 is 1.90 bits per heavy atom. The van der Waals surface area contributed by atoms with Crippen molar-refractivity contribution in [2.75, 3.05) is 12.8 Å². The van der Waals surface area contributed by atoms with Crippen LogP contribution >= 0.6 is 0 Å². The van der Waals surface area contributed by atoms with Gasteiger partial charge in [0.1, 0.15) is 17.3 Å². The number of nitrogens with one attached hydrogen (secondary N) is 1. The maximum atomic E-state index is 13.2. The average Bonchev–Trinajstić information content (AvgIpc) is 2.45. The van der Waals surface area contributed by atoms with E-state index in [4.69, 9.17) is 10.5 Å². The molecule has 0 aliphatic heterocycles. The third-order valence-electron chi connectivity index (χ3n) is 2.92. The Hall–Kier alpha value is -2.12. The number of halogens is 1. The summed E-state index contributed by atoms with van der Waals surface area (Å²) in [4.78, 5) is 0.0464. The van der Waals surface area contributed by atoms with E-state index in [-0.39, 0.29) is 16.4 Å².